The van der Waals surface area contributed by atoms with Crippen LogP contribution >= 0.6 is 27.5 Å². The summed E-state index contributed by atoms with van der Waals surface area (Å²) in [6.45, 7) is -3.01. The van der Waals surface area contributed by atoms with E-state index in [0.717, 1.165) is 0 Å². The Morgan fingerprint density at radius 2 is 2.06 bits per heavy atom. The highest BCUT2D eigenvalue weighted by atomic mass is 79.9. The Kier molecular flexibility index (Phi) is 5.14. The zero-order chi connectivity index (χ0) is 13.0. The van der Waals surface area contributed by atoms with E-state index in [1.54, 1.807) is 0 Å². The zero-order valence-corrected chi connectivity index (χ0v) is 10.8. The summed E-state index contributed by atoms with van der Waals surface area (Å²) in [6.07, 6.45) is -0.428. The molecule has 17 heavy (non-hydrogen) atoms. The van der Waals surface area contributed by atoms with Crippen LogP contribution in [0.1, 0.15) is 11.1 Å². The molecule has 1 aromatic carbocycles. The second-order valence-electron chi connectivity index (χ2n) is 3.14. The number of hydrogen-bond acceptors (Lipinski definition) is 2. The van der Waals surface area contributed by atoms with Gasteiger partial charge in [-0.1, -0.05) is 27.5 Å². The molecule has 3 nitrogen and oxygen atoms in total. The van der Waals surface area contributed by atoms with Gasteiger partial charge in [0.05, 0.1) is 6.42 Å². The second-order valence-corrected chi connectivity index (χ2v) is 4.13. The van der Waals surface area contributed by atoms with E-state index in [4.69, 9.17) is 16.7 Å². The summed E-state index contributed by atoms with van der Waals surface area (Å²) in [5, 5.41) is 9.20. The van der Waals surface area contributed by atoms with Gasteiger partial charge in [-0.3, -0.25) is 4.79 Å². The Hall–Kier alpha value is -0.880. The Morgan fingerprint density at radius 1 is 1.47 bits per heavy atom. The van der Waals surface area contributed by atoms with Crippen molar-refractivity contribution in [3.63, 3.8) is 0 Å². The van der Waals surface area contributed by atoms with Crippen molar-refractivity contribution in [1.29, 1.82) is 0 Å². The number of aliphatic carboxylic acids is 1. The fourth-order valence-electron chi connectivity index (χ4n) is 1.35. The molecule has 0 aliphatic carbocycles. The number of benzene rings is 1. The van der Waals surface area contributed by atoms with Gasteiger partial charge in [0.1, 0.15) is 5.75 Å². The summed E-state index contributed by atoms with van der Waals surface area (Å²) in [7, 11) is 0. The van der Waals surface area contributed by atoms with Crippen LogP contribution < -0.4 is 4.74 Å². The van der Waals surface area contributed by atoms with Gasteiger partial charge in [-0.05, 0) is 12.1 Å². The highest BCUT2D eigenvalue weighted by Gasteiger charge is 2.17. The number of carboxylic acids is 1. The first kappa shape index (κ1) is 14.2. The van der Waals surface area contributed by atoms with Gasteiger partial charge in [0.25, 0.3) is 0 Å². The molecule has 0 spiro atoms. The molecule has 1 aromatic rings. The van der Waals surface area contributed by atoms with Gasteiger partial charge in [-0.2, -0.15) is 8.78 Å². The maximum atomic E-state index is 12.2. The van der Waals surface area contributed by atoms with Crippen LogP contribution in [0, 0.1) is 0 Å². The maximum Gasteiger partial charge on any atom is 0.387 e. The van der Waals surface area contributed by atoms with Crippen LogP contribution in [-0.4, -0.2) is 17.7 Å². The third-order valence-electron chi connectivity index (χ3n) is 1.90. The van der Waals surface area contributed by atoms with E-state index in [2.05, 4.69) is 20.7 Å². The fraction of sp³-hybridized carbons (Fsp3) is 0.300. The Bertz CT molecular complexity index is 426. The van der Waals surface area contributed by atoms with E-state index < -0.39 is 19.0 Å². The molecule has 94 valence electrons. The maximum absolute atomic E-state index is 12.2. The van der Waals surface area contributed by atoms with Crippen molar-refractivity contribution in [2.24, 2.45) is 0 Å². The number of carbonyl (C=O) groups is 1. The van der Waals surface area contributed by atoms with Gasteiger partial charge in [0, 0.05) is 21.5 Å². The molecule has 0 aromatic heterocycles. The third kappa shape index (κ3) is 4.12. The molecule has 1 N–H and O–H groups in total. The summed E-state index contributed by atoms with van der Waals surface area (Å²) in [5.74, 6) is -1.28. The summed E-state index contributed by atoms with van der Waals surface area (Å²) in [5.41, 5.74) is 0.508. The van der Waals surface area contributed by atoms with Crippen molar-refractivity contribution in [3.05, 3.63) is 28.3 Å². The lowest BCUT2D eigenvalue weighted by Gasteiger charge is -2.14. The molecule has 0 aliphatic heterocycles. The van der Waals surface area contributed by atoms with Crippen molar-refractivity contribution in [2.45, 2.75) is 18.4 Å². The lowest BCUT2D eigenvalue weighted by Crippen LogP contribution is -2.09. The van der Waals surface area contributed by atoms with Crippen LogP contribution in [0.4, 0.5) is 8.78 Å². The summed E-state index contributed by atoms with van der Waals surface area (Å²) in [4.78, 5) is 10.6. The number of alkyl halides is 3. The van der Waals surface area contributed by atoms with Crippen LogP contribution in [0.15, 0.2) is 12.1 Å². The first-order valence-corrected chi connectivity index (χ1v) is 5.98. The molecule has 0 heterocycles. The molecular formula is C10H8BrClF2O3. The molecule has 7 heteroatoms. The van der Waals surface area contributed by atoms with Gasteiger partial charge in [-0.25, -0.2) is 0 Å². The van der Waals surface area contributed by atoms with E-state index in [9.17, 15) is 13.6 Å². The highest BCUT2D eigenvalue weighted by Crippen LogP contribution is 2.31. The van der Waals surface area contributed by atoms with Gasteiger partial charge in [0.2, 0.25) is 0 Å². The van der Waals surface area contributed by atoms with E-state index in [1.807, 2.05) is 0 Å². The Morgan fingerprint density at radius 3 is 2.53 bits per heavy atom. The van der Waals surface area contributed by atoms with Crippen molar-refractivity contribution in [1.82, 2.24) is 0 Å². The van der Waals surface area contributed by atoms with Crippen molar-refractivity contribution in [3.8, 4) is 5.75 Å². The predicted octanol–water partition coefficient (Wildman–Crippen LogP) is 3.46. The van der Waals surface area contributed by atoms with Crippen LogP contribution in [-0.2, 0) is 16.5 Å². The van der Waals surface area contributed by atoms with Gasteiger partial charge in [0.15, 0.2) is 0 Å². The predicted molar refractivity (Wildman–Crippen MR) is 62.1 cm³/mol. The van der Waals surface area contributed by atoms with E-state index in [1.165, 1.54) is 12.1 Å². The molecule has 0 bridgehead atoms. The molecule has 1 rings (SSSR count). The lowest BCUT2D eigenvalue weighted by molar-refractivity contribution is -0.136. The van der Waals surface area contributed by atoms with Gasteiger partial charge >= 0.3 is 12.6 Å². The standard InChI is InChI=1S/C10H8BrClF2O3/c11-4-6-2-7(12)1-5(3-8(15)16)9(6)17-10(13)14/h1-2,10H,3-4H2,(H,15,16). The average Bonchev–Trinajstić information content (AvgIpc) is 2.20. The number of halogens is 4. The van der Waals surface area contributed by atoms with Gasteiger partial charge < -0.3 is 9.84 Å². The summed E-state index contributed by atoms with van der Waals surface area (Å²) >= 11 is 8.87. The quantitative estimate of drug-likeness (QED) is 0.842. The average molecular weight is 330 g/mol. The number of rotatable bonds is 5. The molecule has 0 unspecified atom stereocenters. The van der Waals surface area contributed by atoms with Gasteiger partial charge in [-0.15, -0.1) is 0 Å². The van der Waals surface area contributed by atoms with Crippen LogP contribution in [0.2, 0.25) is 5.02 Å². The first-order chi connectivity index (χ1) is 7.93. The zero-order valence-electron chi connectivity index (χ0n) is 8.42. The Labute approximate surface area is 109 Å². The lowest BCUT2D eigenvalue weighted by atomic mass is 10.1. The van der Waals surface area contributed by atoms with E-state index >= 15 is 0 Å². The normalized spacial score (nSPS) is 10.6. The number of carboxylic acid groups (broad SMARTS) is 1. The first-order valence-electron chi connectivity index (χ1n) is 4.48. The summed E-state index contributed by atoms with van der Waals surface area (Å²) < 4.78 is 28.8. The Balaban J connectivity index is 3.22. The molecule has 0 aliphatic rings. The topological polar surface area (TPSA) is 46.5 Å². The molecule has 0 saturated heterocycles. The molecule has 0 radical (unpaired) electrons. The van der Waals surface area contributed by atoms with Crippen molar-refractivity contribution >= 4 is 33.5 Å². The van der Waals surface area contributed by atoms with Crippen molar-refractivity contribution in [2.75, 3.05) is 0 Å². The largest absolute Gasteiger partial charge is 0.481 e. The number of ether oxygens (including phenoxy) is 1. The van der Waals surface area contributed by atoms with Crippen LogP contribution in [0.5, 0.6) is 5.75 Å². The van der Waals surface area contributed by atoms with E-state index in [-0.39, 0.29) is 21.7 Å². The number of hydrogen-bond donors (Lipinski definition) is 1. The molecule has 0 saturated carbocycles. The van der Waals surface area contributed by atoms with Crippen molar-refractivity contribution < 1.29 is 23.4 Å². The third-order valence-corrected chi connectivity index (χ3v) is 2.72. The smallest absolute Gasteiger partial charge is 0.387 e. The SMILES string of the molecule is O=C(O)Cc1cc(Cl)cc(CBr)c1OC(F)F. The molecule has 0 fully saturated rings. The van der Waals surface area contributed by atoms with Crippen LogP contribution in [0.3, 0.4) is 0 Å². The molecular weight excluding hydrogens is 321 g/mol. The van der Waals surface area contributed by atoms with E-state index in [0.29, 0.717) is 5.56 Å². The second kappa shape index (κ2) is 6.16. The monoisotopic (exact) mass is 328 g/mol. The molecule has 0 atom stereocenters. The minimum Gasteiger partial charge on any atom is -0.481 e. The minimum absolute atomic E-state index is 0.125. The highest BCUT2D eigenvalue weighted by molar-refractivity contribution is 9.08. The minimum atomic E-state index is -3.01. The summed E-state index contributed by atoms with van der Waals surface area (Å²) in [6, 6.07) is 2.75. The fourth-order valence-corrected chi connectivity index (χ4v) is 2.03. The van der Waals surface area contributed by atoms with Crippen LogP contribution in [0.25, 0.3) is 0 Å². The molecule has 0 amide bonds.